The van der Waals surface area contributed by atoms with Crippen molar-refractivity contribution in [3.63, 3.8) is 0 Å². The van der Waals surface area contributed by atoms with Crippen LogP contribution in [0.25, 0.3) is 0 Å². The molecule has 0 aliphatic carbocycles. The van der Waals surface area contributed by atoms with Gasteiger partial charge in [-0.3, -0.25) is 0 Å². The normalized spacial score (nSPS) is 26.1. The van der Waals surface area contributed by atoms with Gasteiger partial charge < -0.3 is 10.2 Å². The maximum atomic E-state index is 3.76. The fourth-order valence-corrected chi connectivity index (χ4v) is 3.85. The lowest BCUT2D eigenvalue weighted by atomic mass is 10.1. The molecular weight excluding hydrogens is 216 g/mol. The Morgan fingerprint density at radius 3 is 2.62 bits per heavy atom. The minimum absolute atomic E-state index is 0.808. The first-order valence-electron chi connectivity index (χ1n) is 6.88. The number of likely N-dealkylation sites (tertiary alicyclic amines) is 1. The molecule has 2 fully saturated rings. The Hall–Kier alpha value is 0.270. The average Bonchev–Trinajstić information content (AvgIpc) is 2.81. The van der Waals surface area contributed by atoms with Crippen molar-refractivity contribution in [1.82, 2.24) is 10.2 Å². The monoisotopic (exact) mass is 242 g/mol. The molecule has 16 heavy (non-hydrogen) atoms. The standard InChI is InChI=1S/C13H26N2S/c1-12(11-15-6-2-3-7-15)10-14-13-4-8-16-9-5-13/h12-14H,2-11H2,1H3. The first-order chi connectivity index (χ1) is 7.84. The van der Waals surface area contributed by atoms with Gasteiger partial charge in [0.05, 0.1) is 0 Å². The van der Waals surface area contributed by atoms with E-state index < -0.39 is 0 Å². The van der Waals surface area contributed by atoms with E-state index in [1.807, 2.05) is 0 Å². The smallest absolute Gasteiger partial charge is 0.00828 e. The predicted molar refractivity (Wildman–Crippen MR) is 73.2 cm³/mol. The van der Waals surface area contributed by atoms with Crippen molar-refractivity contribution in [2.45, 2.75) is 38.6 Å². The summed E-state index contributed by atoms with van der Waals surface area (Å²) in [4.78, 5) is 2.63. The van der Waals surface area contributed by atoms with Crippen molar-refractivity contribution in [3.8, 4) is 0 Å². The average molecular weight is 242 g/mol. The second kappa shape index (κ2) is 6.87. The first-order valence-corrected chi connectivity index (χ1v) is 8.03. The number of thioether (sulfide) groups is 1. The van der Waals surface area contributed by atoms with Gasteiger partial charge in [0.25, 0.3) is 0 Å². The number of nitrogens with one attached hydrogen (secondary N) is 1. The van der Waals surface area contributed by atoms with E-state index in [1.54, 1.807) is 0 Å². The highest BCUT2D eigenvalue weighted by atomic mass is 32.2. The number of hydrogen-bond donors (Lipinski definition) is 1. The summed E-state index contributed by atoms with van der Waals surface area (Å²) in [5.74, 6) is 3.53. The van der Waals surface area contributed by atoms with Gasteiger partial charge in [0.15, 0.2) is 0 Å². The molecule has 0 bridgehead atoms. The van der Waals surface area contributed by atoms with Gasteiger partial charge >= 0.3 is 0 Å². The van der Waals surface area contributed by atoms with Crippen LogP contribution in [0.5, 0.6) is 0 Å². The summed E-state index contributed by atoms with van der Waals surface area (Å²) >= 11 is 2.11. The second-order valence-electron chi connectivity index (χ2n) is 5.41. The Balaban J connectivity index is 1.57. The summed E-state index contributed by atoms with van der Waals surface area (Å²) in [5, 5.41) is 3.76. The van der Waals surface area contributed by atoms with Gasteiger partial charge in [0.2, 0.25) is 0 Å². The highest BCUT2D eigenvalue weighted by molar-refractivity contribution is 7.99. The molecule has 2 nitrogen and oxygen atoms in total. The van der Waals surface area contributed by atoms with Crippen LogP contribution >= 0.6 is 11.8 Å². The van der Waals surface area contributed by atoms with Crippen molar-refractivity contribution < 1.29 is 0 Å². The Morgan fingerprint density at radius 1 is 1.25 bits per heavy atom. The third kappa shape index (κ3) is 4.27. The fourth-order valence-electron chi connectivity index (χ4n) is 2.74. The molecule has 3 heteroatoms. The third-order valence-corrected chi connectivity index (χ3v) is 4.79. The van der Waals surface area contributed by atoms with E-state index in [9.17, 15) is 0 Å². The zero-order valence-electron chi connectivity index (χ0n) is 10.6. The summed E-state index contributed by atoms with van der Waals surface area (Å²) < 4.78 is 0. The summed E-state index contributed by atoms with van der Waals surface area (Å²) in [6.45, 7) is 7.58. The predicted octanol–water partition coefficient (Wildman–Crippen LogP) is 2.20. The molecule has 0 aromatic carbocycles. The lowest BCUT2D eigenvalue weighted by Gasteiger charge is -2.26. The van der Waals surface area contributed by atoms with Crippen molar-refractivity contribution in [3.05, 3.63) is 0 Å². The van der Waals surface area contributed by atoms with E-state index in [0.29, 0.717) is 0 Å². The van der Waals surface area contributed by atoms with E-state index in [2.05, 4.69) is 28.9 Å². The molecule has 2 rings (SSSR count). The van der Waals surface area contributed by atoms with Crippen LogP contribution in [-0.2, 0) is 0 Å². The zero-order valence-corrected chi connectivity index (χ0v) is 11.4. The van der Waals surface area contributed by atoms with Crippen molar-refractivity contribution in [2.75, 3.05) is 37.7 Å². The molecule has 2 heterocycles. The molecule has 0 aromatic rings. The maximum Gasteiger partial charge on any atom is 0.00828 e. The Bertz CT molecular complexity index is 186. The Morgan fingerprint density at radius 2 is 1.94 bits per heavy atom. The zero-order chi connectivity index (χ0) is 11.2. The molecule has 94 valence electrons. The van der Waals surface area contributed by atoms with Crippen LogP contribution in [0.4, 0.5) is 0 Å². The van der Waals surface area contributed by atoms with Gasteiger partial charge in [0, 0.05) is 12.6 Å². The summed E-state index contributed by atoms with van der Waals surface area (Å²) in [7, 11) is 0. The van der Waals surface area contributed by atoms with E-state index >= 15 is 0 Å². The van der Waals surface area contributed by atoms with Crippen LogP contribution in [0, 0.1) is 5.92 Å². The third-order valence-electron chi connectivity index (χ3n) is 3.74. The van der Waals surface area contributed by atoms with E-state index in [4.69, 9.17) is 0 Å². The van der Waals surface area contributed by atoms with Gasteiger partial charge in [-0.25, -0.2) is 0 Å². The highest BCUT2D eigenvalue weighted by Crippen LogP contribution is 2.17. The largest absolute Gasteiger partial charge is 0.314 e. The van der Waals surface area contributed by atoms with Crippen LogP contribution in [-0.4, -0.2) is 48.6 Å². The van der Waals surface area contributed by atoms with Crippen LogP contribution in [0.3, 0.4) is 0 Å². The summed E-state index contributed by atoms with van der Waals surface area (Å²) in [5.41, 5.74) is 0. The molecule has 0 radical (unpaired) electrons. The van der Waals surface area contributed by atoms with E-state index in [0.717, 1.165) is 12.0 Å². The summed E-state index contributed by atoms with van der Waals surface area (Å²) in [6, 6.07) is 0.808. The van der Waals surface area contributed by atoms with Gasteiger partial charge in [-0.05, 0) is 62.7 Å². The van der Waals surface area contributed by atoms with Crippen molar-refractivity contribution in [2.24, 2.45) is 5.92 Å². The fraction of sp³-hybridized carbons (Fsp3) is 1.00. The molecule has 0 aromatic heterocycles. The summed E-state index contributed by atoms with van der Waals surface area (Å²) in [6.07, 6.45) is 5.59. The Labute approximate surface area is 105 Å². The molecule has 2 saturated heterocycles. The minimum Gasteiger partial charge on any atom is -0.314 e. The van der Waals surface area contributed by atoms with Gasteiger partial charge in [-0.2, -0.15) is 11.8 Å². The molecule has 0 spiro atoms. The molecule has 1 N–H and O–H groups in total. The molecule has 1 atom stereocenters. The van der Waals surface area contributed by atoms with Crippen molar-refractivity contribution >= 4 is 11.8 Å². The topological polar surface area (TPSA) is 15.3 Å². The van der Waals surface area contributed by atoms with Gasteiger partial charge in [0.1, 0.15) is 0 Å². The quantitative estimate of drug-likeness (QED) is 0.796. The number of nitrogens with zero attached hydrogens (tertiary/aromatic N) is 1. The highest BCUT2D eigenvalue weighted by Gasteiger charge is 2.17. The lowest BCUT2D eigenvalue weighted by Crippen LogP contribution is -2.38. The maximum absolute atomic E-state index is 3.76. The molecule has 1 unspecified atom stereocenters. The molecule has 0 amide bonds. The number of hydrogen-bond acceptors (Lipinski definition) is 3. The van der Waals surface area contributed by atoms with Crippen LogP contribution in [0.2, 0.25) is 0 Å². The van der Waals surface area contributed by atoms with Crippen LogP contribution in [0.15, 0.2) is 0 Å². The molecule has 0 saturated carbocycles. The number of rotatable bonds is 5. The second-order valence-corrected chi connectivity index (χ2v) is 6.63. The van der Waals surface area contributed by atoms with Gasteiger partial charge in [-0.15, -0.1) is 0 Å². The van der Waals surface area contributed by atoms with E-state index in [1.165, 1.54) is 63.4 Å². The molecule has 2 aliphatic heterocycles. The molecular formula is C13H26N2S. The molecule has 2 aliphatic rings. The van der Waals surface area contributed by atoms with Crippen molar-refractivity contribution in [1.29, 1.82) is 0 Å². The van der Waals surface area contributed by atoms with Crippen LogP contribution < -0.4 is 5.32 Å². The van der Waals surface area contributed by atoms with Crippen LogP contribution in [0.1, 0.15) is 32.6 Å². The Kier molecular flexibility index (Phi) is 5.46. The van der Waals surface area contributed by atoms with Gasteiger partial charge in [-0.1, -0.05) is 6.92 Å². The minimum atomic E-state index is 0.808. The van der Waals surface area contributed by atoms with E-state index in [-0.39, 0.29) is 0 Å². The lowest BCUT2D eigenvalue weighted by molar-refractivity contribution is 0.276. The first kappa shape index (κ1) is 12.7. The SMILES string of the molecule is CC(CNC1CCSCC1)CN1CCCC1.